The first-order chi connectivity index (χ1) is 8.95. The molecule has 3 rings (SSSR count). The van der Waals surface area contributed by atoms with Gasteiger partial charge in [0.2, 0.25) is 0 Å². The lowest BCUT2D eigenvalue weighted by Crippen LogP contribution is -3.09. The first kappa shape index (κ1) is 14.1. The van der Waals surface area contributed by atoms with Crippen molar-refractivity contribution in [1.82, 2.24) is 0 Å². The summed E-state index contributed by atoms with van der Waals surface area (Å²) in [6.07, 6.45) is 0. The Morgan fingerprint density at radius 2 is 1.42 bits per heavy atom. The van der Waals surface area contributed by atoms with Gasteiger partial charge in [0.15, 0.2) is 0 Å². The highest BCUT2D eigenvalue weighted by Crippen LogP contribution is 2.24. The van der Waals surface area contributed by atoms with Crippen LogP contribution in [0.25, 0.3) is 11.1 Å². The predicted octanol–water partition coefficient (Wildman–Crippen LogP) is -1.10. The van der Waals surface area contributed by atoms with Gasteiger partial charge in [0.05, 0.1) is 13.2 Å². The first-order valence-corrected chi connectivity index (χ1v) is 6.52. The van der Waals surface area contributed by atoms with E-state index in [2.05, 4.69) is 54.6 Å². The van der Waals surface area contributed by atoms with Gasteiger partial charge in [-0.3, -0.25) is 4.90 Å². The number of para-hydroxylation sites is 1. The van der Waals surface area contributed by atoms with Gasteiger partial charge in [-0.1, -0.05) is 42.5 Å². The minimum absolute atomic E-state index is 0. The highest BCUT2D eigenvalue weighted by molar-refractivity contribution is 5.73. The van der Waals surface area contributed by atoms with E-state index < -0.39 is 0 Å². The van der Waals surface area contributed by atoms with Crippen LogP contribution in [0.1, 0.15) is 0 Å². The molecule has 1 N–H and O–H groups in total. The van der Waals surface area contributed by atoms with E-state index in [0.29, 0.717) is 0 Å². The van der Waals surface area contributed by atoms with Crippen molar-refractivity contribution < 1.29 is 22.0 Å². The van der Waals surface area contributed by atoms with E-state index in [4.69, 9.17) is 4.74 Å². The second-order valence-corrected chi connectivity index (χ2v) is 4.63. The van der Waals surface area contributed by atoms with Crippen LogP contribution in [0.5, 0.6) is 0 Å². The molecule has 100 valence electrons. The molecule has 19 heavy (non-hydrogen) atoms. The fourth-order valence-corrected chi connectivity index (χ4v) is 2.55. The molecule has 0 bridgehead atoms. The van der Waals surface area contributed by atoms with Crippen LogP contribution in [0.2, 0.25) is 0 Å². The molecule has 1 aliphatic heterocycles. The Balaban J connectivity index is 0.00000133. The molecule has 1 heterocycles. The number of hydrogen-bond acceptors (Lipinski definition) is 1. The molecular weight excluding hydrogens is 258 g/mol. The molecule has 0 spiro atoms. The standard InChI is InChI=1S/C16H17NO.ClH/c1-2-6-14(7-3-1)15-8-4-5-9-16(15)17-10-12-18-13-11-17;/h1-9H,10-13H2;1H. The van der Waals surface area contributed by atoms with E-state index in [-0.39, 0.29) is 12.4 Å². The van der Waals surface area contributed by atoms with Crippen LogP contribution in [0.15, 0.2) is 54.6 Å². The Bertz CT molecular complexity index is 509. The number of nitrogens with one attached hydrogen (secondary N) is 1. The summed E-state index contributed by atoms with van der Waals surface area (Å²) < 4.78 is 5.45. The largest absolute Gasteiger partial charge is 1.00 e. The SMILES string of the molecule is [Cl-].c1ccc(-c2ccccc2[NH+]2CCOCC2)cc1. The monoisotopic (exact) mass is 275 g/mol. The van der Waals surface area contributed by atoms with E-state index in [1.54, 1.807) is 0 Å². The normalized spacial score (nSPS) is 15.8. The molecule has 0 atom stereocenters. The number of ether oxygens (including phenoxy) is 1. The third kappa shape index (κ3) is 3.16. The molecular formula is C16H18ClNO. The third-order valence-corrected chi connectivity index (χ3v) is 3.49. The van der Waals surface area contributed by atoms with E-state index in [1.807, 2.05) is 0 Å². The van der Waals surface area contributed by atoms with Gasteiger partial charge in [0, 0.05) is 5.56 Å². The predicted molar refractivity (Wildman–Crippen MR) is 73.1 cm³/mol. The van der Waals surface area contributed by atoms with Crippen molar-refractivity contribution in [2.45, 2.75) is 0 Å². The molecule has 2 nitrogen and oxygen atoms in total. The fourth-order valence-electron chi connectivity index (χ4n) is 2.55. The summed E-state index contributed by atoms with van der Waals surface area (Å²) in [4.78, 5) is 1.53. The maximum atomic E-state index is 5.45. The topological polar surface area (TPSA) is 13.7 Å². The molecule has 0 amide bonds. The van der Waals surface area contributed by atoms with Gasteiger partial charge >= 0.3 is 0 Å². The Labute approximate surface area is 120 Å². The maximum Gasteiger partial charge on any atom is 0.139 e. The van der Waals surface area contributed by atoms with Crippen LogP contribution in [0, 0.1) is 0 Å². The van der Waals surface area contributed by atoms with Gasteiger partial charge in [-0.25, -0.2) is 0 Å². The first-order valence-electron chi connectivity index (χ1n) is 6.52. The summed E-state index contributed by atoms with van der Waals surface area (Å²) in [6, 6.07) is 19.3. The maximum absolute atomic E-state index is 5.45. The van der Waals surface area contributed by atoms with E-state index in [1.165, 1.54) is 21.7 Å². The Kier molecular flexibility index (Phi) is 4.97. The van der Waals surface area contributed by atoms with E-state index >= 15 is 0 Å². The lowest BCUT2D eigenvalue weighted by molar-refractivity contribution is -0.841. The van der Waals surface area contributed by atoms with Crippen molar-refractivity contribution in [2.75, 3.05) is 26.3 Å². The van der Waals surface area contributed by atoms with E-state index in [9.17, 15) is 0 Å². The molecule has 0 aromatic heterocycles. The van der Waals surface area contributed by atoms with Crippen LogP contribution in [-0.2, 0) is 4.74 Å². The minimum atomic E-state index is 0. The highest BCUT2D eigenvalue weighted by atomic mass is 35.5. The number of morpholine rings is 1. The van der Waals surface area contributed by atoms with E-state index in [0.717, 1.165) is 26.3 Å². The van der Waals surface area contributed by atoms with Gasteiger partial charge in [0.1, 0.15) is 18.8 Å². The summed E-state index contributed by atoms with van der Waals surface area (Å²) in [5.74, 6) is 0. The molecule has 0 saturated carbocycles. The summed E-state index contributed by atoms with van der Waals surface area (Å²) >= 11 is 0. The van der Waals surface area contributed by atoms with Crippen molar-refractivity contribution >= 4 is 5.69 Å². The van der Waals surface area contributed by atoms with Gasteiger partial charge in [0.25, 0.3) is 0 Å². The van der Waals surface area contributed by atoms with Crippen molar-refractivity contribution in [1.29, 1.82) is 0 Å². The average Bonchev–Trinajstić information content (AvgIpc) is 2.49. The summed E-state index contributed by atoms with van der Waals surface area (Å²) in [6.45, 7) is 3.84. The molecule has 1 aliphatic rings. The molecule has 2 aromatic carbocycles. The number of benzene rings is 2. The number of hydrogen-bond donors (Lipinski definition) is 1. The molecule has 0 aliphatic carbocycles. The number of halogens is 1. The van der Waals surface area contributed by atoms with Crippen LogP contribution >= 0.6 is 0 Å². The molecule has 0 unspecified atom stereocenters. The van der Waals surface area contributed by atoms with Crippen LogP contribution in [-0.4, -0.2) is 26.3 Å². The lowest BCUT2D eigenvalue weighted by Gasteiger charge is -2.25. The summed E-state index contributed by atoms with van der Waals surface area (Å²) in [7, 11) is 0. The average molecular weight is 276 g/mol. The van der Waals surface area contributed by atoms with Gasteiger partial charge in [-0.2, -0.15) is 0 Å². The van der Waals surface area contributed by atoms with Crippen LogP contribution < -0.4 is 17.3 Å². The minimum Gasteiger partial charge on any atom is -1.00 e. The zero-order valence-electron chi connectivity index (χ0n) is 10.8. The van der Waals surface area contributed by atoms with Crippen LogP contribution in [0.4, 0.5) is 5.69 Å². The number of quaternary nitrogens is 1. The Morgan fingerprint density at radius 1 is 0.789 bits per heavy atom. The van der Waals surface area contributed by atoms with Crippen LogP contribution in [0.3, 0.4) is 0 Å². The van der Waals surface area contributed by atoms with Gasteiger partial charge < -0.3 is 17.1 Å². The zero-order valence-corrected chi connectivity index (χ0v) is 11.6. The molecule has 1 saturated heterocycles. The fraction of sp³-hybridized carbons (Fsp3) is 0.250. The van der Waals surface area contributed by atoms with Gasteiger partial charge in [-0.05, 0) is 17.7 Å². The zero-order chi connectivity index (χ0) is 12.2. The quantitative estimate of drug-likeness (QED) is 0.735. The molecule has 3 heteroatoms. The molecule has 1 fully saturated rings. The van der Waals surface area contributed by atoms with Crippen molar-refractivity contribution in [3.8, 4) is 11.1 Å². The smallest absolute Gasteiger partial charge is 0.139 e. The highest BCUT2D eigenvalue weighted by Gasteiger charge is 2.19. The van der Waals surface area contributed by atoms with Crippen molar-refractivity contribution in [2.24, 2.45) is 0 Å². The van der Waals surface area contributed by atoms with Gasteiger partial charge in [-0.15, -0.1) is 0 Å². The lowest BCUT2D eigenvalue weighted by atomic mass is 10.0. The summed E-state index contributed by atoms with van der Waals surface area (Å²) in [5.41, 5.74) is 4.04. The molecule has 0 radical (unpaired) electrons. The number of rotatable bonds is 2. The molecule has 2 aromatic rings. The summed E-state index contributed by atoms with van der Waals surface area (Å²) in [5, 5.41) is 0. The second kappa shape index (κ2) is 6.71. The second-order valence-electron chi connectivity index (χ2n) is 4.63. The Morgan fingerprint density at radius 3 is 2.16 bits per heavy atom. The van der Waals surface area contributed by atoms with Crippen molar-refractivity contribution in [3.05, 3.63) is 54.6 Å². The Hall–Kier alpha value is -1.35. The van der Waals surface area contributed by atoms with Crippen molar-refractivity contribution in [3.63, 3.8) is 0 Å². The third-order valence-electron chi connectivity index (χ3n) is 3.49.